The molecule has 0 aliphatic rings. The van der Waals surface area contributed by atoms with Crippen molar-refractivity contribution >= 4 is 28.6 Å². The third-order valence-electron chi connectivity index (χ3n) is 2.95. The molecular formula is C14H18N2O2S2. The third-order valence-corrected chi connectivity index (χ3v) is 5.06. The van der Waals surface area contributed by atoms with Crippen LogP contribution in [0.5, 0.6) is 0 Å². The Labute approximate surface area is 126 Å². The largest absolute Gasteiger partial charge is 0.456 e. The number of hydrogen-bond donors (Lipinski definition) is 0. The van der Waals surface area contributed by atoms with Gasteiger partial charge in [-0.05, 0) is 26.7 Å². The van der Waals surface area contributed by atoms with Crippen molar-refractivity contribution in [2.75, 3.05) is 0 Å². The summed E-state index contributed by atoms with van der Waals surface area (Å²) in [5, 5.41) is 1.02. The van der Waals surface area contributed by atoms with E-state index in [0.717, 1.165) is 40.5 Å². The van der Waals surface area contributed by atoms with E-state index in [2.05, 4.69) is 16.9 Å². The van der Waals surface area contributed by atoms with Crippen LogP contribution >= 0.6 is 22.7 Å². The molecule has 0 aliphatic carbocycles. The average Bonchev–Trinajstić information content (AvgIpc) is 3.00. The van der Waals surface area contributed by atoms with Crippen molar-refractivity contribution in [1.82, 2.24) is 9.97 Å². The highest BCUT2D eigenvalue weighted by Gasteiger charge is 2.17. The summed E-state index contributed by atoms with van der Waals surface area (Å²) in [6, 6.07) is 0. The molecule has 20 heavy (non-hydrogen) atoms. The Morgan fingerprint density at radius 1 is 1.35 bits per heavy atom. The maximum absolute atomic E-state index is 12.1. The molecule has 2 rings (SSSR count). The number of unbranched alkanes of at least 4 members (excludes halogenated alkanes) is 1. The van der Waals surface area contributed by atoms with Gasteiger partial charge in [-0.25, -0.2) is 14.8 Å². The molecule has 0 bridgehead atoms. The quantitative estimate of drug-likeness (QED) is 0.759. The van der Waals surface area contributed by atoms with Crippen molar-refractivity contribution in [1.29, 1.82) is 0 Å². The van der Waals surface area contributed by atoms with E-state index in [9.17, 15) is 4.79 Å². The number of carbonyl (C=O) groups excluding carboxylic acids is 1. The van der Waals surface area contributed by atoms with Crippen LogP contribution in [0.3, 0.4) is 0 Å². The Bertz CT molecular complexity index is 590. The van der Waals surface area contributed by atoms with Gasteiger partial charge < -0.3 is 4.74 Å². The number of nitrogens with zero attached hydrogens (tertiary/aromatic N) is 2. The van der Waals surface area contributed by atoms with E-state index in [0.29, 0.717) is 4.88 Å². The van der Waals surface area contributed by atoms with Gasteiger partial charge in [-0.3, -0.25) is 0 Å². The van der Waals surface area contributed by atoms with Crippen LogP contribution in [-0.2, 0) is 17.8 Å². The summed E-state index contributed by atoms with van der Waals surface area (Å²) in [6.07, 6.45) is 3.16. The van der Waals surface area contributed by atoms with Crippen molar-refractivity contribution < 1.29 is 9.53 Å². The summed E-state index contributed by atoms with van der Waals surface area (Å²) in [6.45, 7) is 6.21. The Morgan fingerprint density at radius 2 is 2.15 bits per heavy atom. The van der Waals surface area contributed by atoms with Gasteiger partial charge in [-0.1, -0.05) is 13.3 Å². The van der Waals surface area contributed by atoms with Gasteiger partial charge in [0.1, 0.15) is 11.5 Å². The summed E-state index contributed by atoms with van der Waals surface area (Å²) < 4.78 is 5.35. The van der Waals surface area contributed by atoms with Crippen LogP contribution in [0.1, 0.15) is 50.7 Å². The molecule has 0 N–H and O–H groups in total. The van der Waals surface area contributed by atoms with Gasteiger partial charge in [0.05, 0.1) is 26.8 Å². The van der Waals surface area contributed by atoms with Gasteiger partial charge in [0.25, 0.3) is 0 Å². The van der Waals surface area contributed by atoms with Crippen molar-refractivity contribution in [3.8, 4) is 0 Å². The lowest BCUT2D eigenvalue weighted by Crippen LogP contribution is -2.04. The van der Waals surface area contributed by atoms with Gasteiger partial charge in [0.15, 0.2) is 0 Å². The lowest BCUT2D eigenvalue weighted by Gasteiger charge is -2.02. The first-order valence-electron chi connectivity index (χ1n) is 6.64. The Balaban J connectivity index is 1.98. The zero-order chi connectivity index (χ0) is 14.5. The number of thiazole rings is 2. The van der Waals surface area contributed by atoms with Gasteiger partial charge in [0, 0.05) is 0 Å². The number of aromatic nitrogens is 2. The summed E-state index contributed by atoms with van der Waals surface area (Å²) in [5.74, 6) is -0.282. The number of ether oxygens (including phenoxy) is 1. The van der Waals surface area contributed by atoms with E-state index in [1.165, 1.54) is 22.7 Å². The second-order valence-electron chi connectivity index (χ2n) is 4.56. The number of carbonyl (C=O) groups is 1. The minimum atomic E-state index is -0.282. The summed E-state index contributed by atoms with van der Waals surface area (Å²) in [5.41, 5.74) is 3.46. The minimum Gasteiger partial charge on any atom is -0.456 e. The molecule has 0 spiro atoms. The molecule has 0 saturated carbocycles. The van der Waals surface area contributed by atoms with E-state index >= 15 is 0 Å². The molecule has 2 aromatic rings. The molecule has 2 aromatic heterocycles. The highest BCUT2D eigenvalue weighted by Crippen LogP contribution is 2.22. The Hall–Kier alpha value is -1.27. The van der Waals surface area contributed by atoms with Gasteiger partial charge in [0.2, 0.25) is 0 Å². The number of rotatable bonds is 6. The van der Waals surface area contributed by atoms with E-state index in [1.54, 1.807) is 5.51 Å². The van der Waals surface area contributed by atoms with Crippen molar-refractivity contribution in [2.24, 2.45) is 0 Å². The maximum atomic E-state index is 12.1. The standard InChI is InChI=1S/C14H18N2O2S2/c1-4-5-6-12-16-10(3)13(20-12)14(17)18-7-11-9(2)15-8-19-11/h8H,4-7H2,1-3H3. The predicted octanol–water partition coefficient (Wildman–Crippen LogP) is 3.92. The number of hydrogen-bond acceptors (Lipinski definition) is 6. The topological polar surface area (TPSA) is 52.1 Å². The van der Waals surface area contributed by atoms with Crippen molar-refractivity contribution in [2.45, 2.75) is 46.6 Å². The molecule has 0 amide bonds. The molecule has 0 unspecified atom stereocenters. The van der Waals surface area contributed by atoms with Gasteiger partial charge in [-0.15, -0.1) is 22.7 Å². The average molecular weight is 310 g/mol. The highest BCUT2D eigenvalue weighted by atomic mass is 32.1. The van der Waals surface area contributed by atoms with E-state index < -0.39 is 0 Å². The zero-order valence-corrected chi connectivity index (χ0v) is 13.6. The number of esters is 1. The summed E-state index contributed by atoms with van der Waals surface area (Å²) in [4.78, 5) is 22.3. The first-order valence-corrected chi connectivity index (χ1v) is 8.33. The third kappa shape index (κ3) is 3.64. The lowest BCUT2D eigenvalue weighted by atomic mass is 10.3. The Kier molecular flexibility index (Phi) is 5.25. The fourth-order valence-corrected chi connectivity index (χ4v) is 3.43. The smallest absolute Gasteiger partial charge is 0.350 e. The van der Waals surface area contributed by atoms with Crippen LogP contribution in [0.4, 0.5) is 0 Å². The molecule has 0 atom stereocenters. The van der Waals surface area contributed by atoms with Crippen molar-refractivity contribution in [3.63, 3.8) is 0 Å². The second-order valence-corrected chi connectivity index (χ2v) is 6.59. The Morgan fingerprint density at radius 3 is 2.80 bits per heavy atom. The van der Waals surface area contributed by atoms with Crippen LogP contribution < -0.4 is 0 Å². The van der Waals surface area contributed by atoms with Crippen molar-refractivity contribution in [3.05, 3.63) is 31.7 Å². The van der Waals surface area contributed by atoms with Gasteiger partial charge in [-0.2, -0.15) is 0 Å². The molecule has 0 fully saturated rings. The van der Waals surface area contributed by atoms with E-state index in [-0.39, 0.29) is 12.6 Å². The highest BCUT2D eigenvalue weighted by molar-refractivity contribution is 7.13. The first-order chi connectivity index (χ1) is 9.61. The van der Waals surface area contributed by atoms with Crippen LogP contribution in [0.2, 0.25) is 0 Å². The molecule has 0 aromatic carbocycles. The predicted molar refractivity (Wildman–Crippen MR) is 81.4 cm³/mol. The molecule has 4 nitrogen and oxygen atoms in total. The maximum Gasteiger partial charge on any atom is 0.350 e. The fraction of sp³-hybridized carbons (Fsp3) is 0.500. The van der Waals surface area contributed by atoms with Crippen LogP contribution in [0.15, 0.2) is 5.51 Å². The van der Waals surface area contributed by atoms with E-state index in [1.807, 2.05) is 13.8 Å². The lowest BCUT2D eigenvalue weighted by molar-refractivity contribution is 0.0481. The van der Waals surface area contributed by atoms with E-state index in [4.69, 9.17) is 4.74 Å². The molecule has 108 valence electrons. The normalized spacial score (nSPS) is 10.8. The van der Waals surface area contributed by atoms with Crippen LogP contribution in [0, 0.1) is 13.8 Å². The number of aryl methyl sites for hydroxylation is 3. The molecule has 6 heteroatoms. The summed E-state index contributed by atoms with van der Waals surface area (Å²) >= 11 is 2.96. The summed E-state index contributed by atoms with van der Waals surface area (Å²) in [7, 11) is 0. The first kappa shape index (κ1) is 15.1. The van der Waals surface area contributed by atoms with Crippen LogP contribution in [-0.4, -0.2) is 15.9 Å². The molecule has 2 heterocycles. The second kappa shape index (κ2) is 6.95. The SMILES string of the molecule is CCCCc1nc(C)c(C(=O)OCc2scnc2C)s1. The monoisotopic (exact) mass is 310 g/mol. The minimum absolute atomic E-state index is 0.282. The fourth-order valence-electron chi connectivity index (χ4n) is 1.74. The molecule has 0 saturated heterocycles. The molecule has 0 radical (unpaired) electrons. The van der Waals surface area contributed by atoms with Gasteiger partial charge >= 0.3 is 5.97 Å². The molecule has 0 aliphatic heterocycles. The van der Waals surface area contributed by atoms with Crippen LogP contribution in [0.25, 0.3) is 0 Å². The zero-order valence-electron chi connectivity index (χ0n) is 11.9. The molecular weight excluding hydrogens is 292 g/mol.